The monoisotopic (exact) mass is 377 g/mol. The highest BCUT2D eigenvalue weighted by atomic mass is 16.5. The van der Waals surface area contributed by atoms with E-state index in [0.29, 0.717) is 18.9 Å². The van der Waals surface area contributed by atoms with Gasteiger partial charge in [0.05, 0.1) is 11.0 Å². The number of para-hydroxylation sites is 3. The molecule has 0 bridgehead atoms. The lowest BCUT2D eigenvalue weighted by Crippen LogP contribution is -2.39. The van der Waals surface area contributed by atoms with Gasteiger partial charge in [-0.3, -0.25) is 4.79 Å². The lowest BCUT2D eigenvalue weighted by Gasteiger charge is -2.32. The number of rotatable bonds is 6. The summed E-state index contributed by atoms with van der Waals surface area (Å²) in [5, 5.41) is 0. The van der Waals surface area contributed by atoms with Crippen LogP contribution in [0.2, 0.25) is 0 Å². The third-order valence-corrected chi connectivity index (χ3v) is 5.56. The summed E-state index contributed by atoms with van der Waals surface area (Å²) < 4.78 is 8.28. The van der Waals surface area contributed by atoms with E-state index in [1.807, 2.05) is 48.2 Å². The molecule has 146 valence electrons. The molecule has 0 radical (unpaired) electrons. The Kier molecular flexibility index (Phi) is 5.60. The molecule has 1 fully saturated rings. The van der Waals surface area contributed by atoms with Gasteiger partial charge >= 0.3 is 0 Å². The number of carbonyl (C=O) groups is 1. The number of ether oxygens (including phenoxy) is 1. The summed E-state index contributed by atoms with van der Waals surface area (Å²) in [6, 6.07) is 18.1. The molecule has 1 aliphatic rings. The van der Waals surface area contributed by atoms with Gasteiger partial charge in [-0.2, -0.15) is 0 Å². The van der Waals surface area contributed by atoms with Crippen molar-refractivity contribution in [3.63, 3.8) is 0 Å². The maximum Gasteiger partial charge on any atom is 0.222 e. The molecular formula is C23H27N3O2. The summed E-state index contributed by atoms with van der Waals surface area (Å²) in [6.07, 6.45) is 2.67. The molecule has 0 spiro atoms. The van der Waals surface area contributed by atoms with Crippen molar-refractivity contribution in [2.75, 3.05) is 13.1 Å². The zero-order valence-corrected chi connectivity index (χ0v) is 16.4. The minimum Gasteiger partial charge on any atom is -0.486 e. The summed E-state index contributed by atoms with van der Waals surface area (Å²) in [6.45, 7) is 5.03. The number of nitrogens with zero attached hydrogens (tertiary/aromatic N) is 3. The second kappa shape index (κ2) is 8.46. The van der Waals surface area contributed by atoms with Crippen LogP contribution in [0.15, 0.2) is 54.6 Å². The van der Waals surface area contributed by atoms with Crippen LogP contribution in [0.1, 0.15) is 32.0 Å². The number of aromatic nitrogens is 2. The van der Waals surface area contributed by atoms with Crippen molar-refractivity contribution in [3.8, 4) is 5.75 Å². The van der Waals surface area contributed by atoms with Gasteiger partial charge in [-0.15, -0.1) is 0 Å². The Labute approximate surface area is 165 Å². The van der Waals surface area contributed by atoms with Crippen LogP contribution in [-0.4, -0.2) is 33.4 Å². The van der Waals surface area contributed by atoms with Gasteiger partial charge in [-0.25, -0.2) is 4.98 Å². The molecule has 4 rings (SSSR count). The summed E-state index contributed by atoms with van der Waals surface area (Å²) in [4.78, 5) is 18.8. The van der Waals surface area contributed by atoms with E-state index < -0.39 is 0 Å². The quantitative estimate of drug-likeness (QED) is 0.645. The second-order valence-corrected chi connectivity index (χ2v) is 7.41. The Morgan fingerprint density at radius 2 is 1.79 bits per heavy atom. The summed E-state index contributed by atoms with van der Waals surface area (Å²) >= 11 is 0. The SMILES string of the molecule is CCC(=O)N1CCC(Cn2c(COc3ccccc3)nc3ccccc32)CC1. The summed E-state index contributed by atoms with van der Waals surface area (Å²) in [5.41, 5.74) is 2.16. The van der Waals surface area contributed by atoms with Gasteiger partial charge in [0.1, 0.15) is 18.2 Å². The molecule has 2 aromatic carbocycles. The molecule has 2 heterocycles. The lowest BCUT2D eigenvalue weighted by molar-refractivity contribution is -0.132. The highest BCUT2D eigenvalue weighted by molar-refractivity contribution is 5.76. The van der Waals surface area contributed by atoms with Crippen LogP contribution < -0.4 is 4.74 Å². The lowest BCUT2D eigenvalue weighted by atomic mass is 9.96. The molecule has 5 nitrogen and oxygen atoms in total. The Morgan fingerprint density at radius 1 is 1.07 bits per heavy atom. The second-order valence-electron chi connectivity index (χ2n) is 7.41. The first-order chi connectivity index (χ1) is 13.7. The van der Waals surface area contributed by atoms with Crippen molar-refractivity contribution in [1.29, 1.82) is 0 Å². The third-order valence-electron chi connectivity index (χ3n) is 5.56. The Balaban J connectivity index is 1.50. The van der Waals surface area contributed by atoms with E-state index in [1.165, 1.54) is 0 Å². The van der Waals surface area contributed by atoms with Gasteiger partial charge in [-0.1, -0.05) is 37.3 Å². The molecule has 0 aliphatic carbocycles. The van der Waals surface area contributed by atoms with Gasteiger partial charge in [0.2, 0.25) is 5.91 Å². The maximum atomic E-state index is 11.9. The van der Waals surface area contributed by atoms with Crippen molar-refractivity contribution in [2.24, 2.45) is 5.92 Å². The molecule has 0 unspecified atom stereocenters. The van der Waals surface area contributed by atoms with Crippen LogP contribution in [-0.2, 0) is 17.9 Å². The fourth-order valence-electron chi connectivity index (χ4n) is 3.95. The van der Waals surface area contributed by atoms with E-state index in [0.717, 1.165) is 55.1 Å². The predicted octanol–water partition coefficient (Wildman–Crippen LogP) is 4.26. The van der Waals surface area contributed by atoms with E-state index in [2.05, 4.69) is 22.8 Å². The average molecular weight is 377 g/mol. The summed E-state index contributed by atoms with van der Waals surface area (Å²) in [7, 11) is 0. The normalized spacial score (nSPS) is 15.1. The van der Waals surface area contributed by atoms with E-state index >= 15 is 0 Å². The fraction of sp³-hybridized carbons (Fsp3) is 0.391. The van der Waals surface area contributed by atoms with Crippen LogP contribution >= 0.6 is 0 Å². The minimum atomic E-state index is 0.267. The van der Waals surface area contributed by atoms with Crippen LogP contribution in [0, 0.1) is 5.92 Å². The van der Waals surface area contributed by atoms with Gasteiger partial charge in [0, 0.05) is 26.1 Å². The minimum absolute atomic E-state index is 0.267. The molecule has 0 saturated carbocycles. The standard InChI is InChI=1S/C23H27N3O2/c1-2-23(27)25-14-12-18(13-15-25)16-26-21-11-7-6-10-20(21)24-22(26)17-28-19-8-4-3-5-9-19/h3-11,18H,2,12-17H2,1H3. The van der Waals surface area contributed by atoms with E-state index in [9.17, 15) is 4.79 Å². The highest BCUT2D eigenvalue weighted by Gasteiger charge is 2.23. The van der Waals surface area contributed by atoms with Crippen molar-refractivity contribution in [1.82, 2.24) is 14.5 Å². The summed E-state index contributed by atoms with van der Waals surface area (Å²) in [5.74, 6) is 2.63. The number of hydrogen-bond donors (Lipinski definition) is 0. The van der Waals surface area contributed by atoms with Crippen LogP contribution in [0.4, 0.5) is 0 Å². The maximum absolute atomic E-state index is 11.9. The molecule has 1 saturated heterocycles. The zero-order valence-electron chi connectivity index (χ0n) is 16.4. The molecule has 28 heavy (non-hydrogen) atoms. The fourth-order valence-corrected chi connectivity index (χ4v) is 3.95. The number of piperidine rings is 1. The van der Waals surface area contributed by atoms with E-state index in [1.54, 1.807) is 0 Å². The first-order valence-corrected chi connectivity index (χ1v) is 10.1. The smallest absolute Gasteiger partial charge is 0.222 e. The topological polar surface area (TPSA) is 47.4 Å². The predicted molar refractivity (Wildman–Crippen MR) is 110 cm³/mol. The van der Waals surface area contributed by atoms with Crippen LogP contribution in [0.3, 0.4) is 0 Å². The number of imidazole rings is 1. The van der Waals surface area contributed by atoms with Gasteiger partial charge in [-0.05, 0) is 43.0 Å². The first kappa shape index (κ1) is 18.5. The molecule has 1 amide bonds. The average Bonchev–Trinajstić information content (AvgIpc) is 3.10. The zero-order chi connectivity index (χ0) is 19.3. The molecular weight excluding hydrogens is 350 g/mol. The van der Waals surface area contributed by atoms with Gasteiger partial charge in [0.15, 0.2) is 0 Å². The number of carbonyl (C=O) groups excluding carboxylic acids is 1. The molecule has 0 atom stereocenters. The molecule has 3 aromatic rings. The first-order valence-electron chi connectivity index (χ1n) is 10.1. The molecule has 1 aliphatic heterocycles. The van der Waals surface area contributed by atoms with Crippen LogP contribution in [0.25, 0.3) is 11.0 Å². The van der Waals surface area contributed by atoms with Gasteiger partial charge < -0.3 is 14.2 Å². The Hall–Kier alpha value is -2.82. The number of fused-ring (bicyclic) bond motifs is 1. The van der Waals surface area contributed by atoms with E-state index in [4.69, 9.17) is 9.72 Å². The molecule has 0 N–H and O–H groups in total. The van der Waals surface area contributed by atoms with Crippen molar-refractivity contribution in [2.45, 2.75) is 39.3 Å². The number of hydrogen-bond acceptors (Lipinski definition) is 3. The number of likely N-dealkylation sites (tertiary alicyclic amines) is 1. The highest BCUT2D eigenvalue weighted by Crippen LogP contribution is 2.24. The Bertz CT molecular complexity index is 927. The number of benzene rings is 2. The van der Waals surface area contributed by atoms with Crippen molar-refractivity contribution in [3.05, 3.63) is 60.4 Å². The van der Waals surface area contributed by atoms with Crippen molar-refractivity contribution >= 4 is 16.9 Å². The number of amides is 1. The largest absolute Gasteiger partial charge is 0.486 e. The van der Waals surface area contributed by atoms with Crippen molar-refractivity contribution < 1.29 is 9.53 Å². The van der Waals surface area contributed by atoms with Gasteiger partial charge in [0.25, 0.3) is 0 Å². The Morgan fingerprint density at radius 3 is 2.54 bits per heavy atom. The van der Waals surface area contributed by atoms with Crippen LogP contribution in [0.5, 0.6) is 5.75 Å². The van der Waals surface area contributed by atoms with E-state index in [-0.39, 0.29) is 5.91 Å². The molecule has 5 heteroatoms. The third kappa shape index (κ3) is 4.03. The molecule has 1 aromatic heterocycles.